The lowest BCUT2D eigenvalue weighted by Gasteiger charge is -2.56. The summed E-state index contributed by atoms with van der Waals surface area (Å²) in [6.07, 6.45) is 4.11. The van der Waals surface area contributed by atoms with Crippen molar-refractivity contribution in [3.05, 3.63) is 35.4 Å². The van der Waals surface area contributed by atoms with Crippen LogP contribution in [0.15, 0.2) is 29.8 Å². The van der Waals surface area contributed by atoms with E-state index in [9.17, 15) is 13.9 Å². The van der Waals surface area contributed by atoms with Crippen LogP contribution in [0.2, 0.25) is 0 Å². The van der Waals surface area contributed by atoms with Crippen LogP contribution >= 0.6 is 0 Å². The molecule has 0 saturated heterocycles. The number of hydrogen-bond donors (Lipinski definition) is 1. The van der Waals surface area contributed by atoms with Crippen molar-refractivity contribution in [2.24, 2.45) is 17.3 Å². The average molecular weight is 426 g/mol. The maximum Gasteiger partial charge on any atom is 0.387 e. The minimum Gasteiger partial charge on any atom is -0.493 e. The summed E-state index contributed by atoms with van der Waals surface area (Å²) in [4.78, 5) is 1.95. The molecule has 3 atom stereocenters. The first-order valence-corrected chi connectivity index (χ1v) is 10.5. The second kappa shape index (κ2) is 9.62. The molecular weight excluding hydrogens is 392 g/mol. The summed E-state index contributed by atoms with van der Waals surface area (Å²) in [5, 5.41) is 10.3. The molecule has 0 spiro atoms. The Morgan fingerprint density at radius 1 is 1.27 bits per heavy atom. The van der Waals surface area contributed by atoms with Gasteiger partial charge < -0.3 is 19.3 Å². The molecule has 1 saturated carbocycles. The highest BCUT2D eigenvalue weighted by Crippen LogP contribution is 2.59. The zero-order chi connectivity index (χ0) is 21.9. The van der Waals surface area contributed by atoms with Crippen molar-refractivity contribution < 1.29 is 28.1 Å². The van der Waals surface area contributed by atoms with Gasteiger partial charge in [-0.05, 0) is 60.4 Å². The van der Waals surface area contributed by atoms with Crippen LogP contribution in [-0.4, -0.2) is 56.6 Å². The van der Waals surface area contributed by atoms with Gasteiger partial charge in [-0.1, -0.05) is 26.0 Å². The number of methoxy groups -OCH3 is 1. The van der Waals surface area contributed by atoms with Crippen LogP contribution in [0.4, 0.5) is 8.78 Å². The summed E-state index contributed by atoms with van der Waals surface area (Å²) in [6.45, 7) is 3.61. The largest absolute Gasteiger partial charge is 0.493 e. The molecule has 1 fully saturated rings. The minimum atomic E-state index is -2.90. The van der Waals surface area contributed by atoms with Crippen molar-refractivity contribution in [3.63, 3.8) is 0 Å². The van der Waals surface area contributed by atoms with Crippen LogP contribution in [-0.2, 0) is 11.3 Å². The predicted molar refractivity (Wildman–Crippen MR) is 111 cm³/mol. The Kier molecular flexibility index (Phi) is 7.37. The number of fused-ring (bicyclic) bond motifs is 1. The zero-order valence-electron chi connectivity index (χ0n) is 18.2. The molecule has 30 heavy (non-hydrogen) atoms. The first kappa shape index (κ1) is 23.0. The molecule has 3 aliphatic carbocycles. The van der Waals surface area contributed by atoms with Gasteiger partial charge >= 0.3 is 6.61 Å². The molecule has 7 heteroatoms. The maximum atomic E-state index is 12.4. The van der Waals surface area contributed by atoms with Crippen molar-refractivity contribution in [2.45, 2.75) is 45.9 Å². The lowest BCUT2D eigenvalue weighted by atomic mass is 9.49. The first-order valence-electron chi connectivity index (χ1n) is 10.5. The highest BCUT2D eigenvalue weighted by molar-refractivity contribution is 5.43. The van der Waals surface area contributed by atoms with Gasteiger partial charge in [0.05, 0.1) is 26.4 Å². The Hall–Kier alpha value is -1.70. The molecule has 0 radical (unpaired) electrons. The first-order chi connectivity index (χ1) is 14.2. The molecule has 1 aromatic rings. The van der Waals surface area contributed by atoms with E-state index in [1.807, 2.05) is 11.9 Å². The molecule has 0 aliphatic heterocycles. The number of rotatable bonds is 11. The Balaban J connectivity index is 1.42. The number of aliphatic hydroxyl groups is 1. The highest BCUT2D eigenvalue weighted by Gasteiger charge is 2.50. The second-order valence-corrected chi connectivity index (χ2v) is 9.05. The van der Waals surface area contributed by atoms with E-state index in [4.69, 9.17) is 9.47 Å². The molecule has 1 aromatic carbocycles. The molecular formula is C23H33F2NO4. The summed E-state index contributed by atoms with van der Waals surface area (Å²) >= 11 is 0. The monoisotopic (exact) mass is 425 g/mol. The van der Waals surface area contributed by atoms with Crippen molar-refractivity contribution in [3.8, 4) is 11.5 Å². The maximum absolute atomic E-state index is 12.4. The predicted octanol–water partition coefficient (Wildman–Crippen LogP) is 4.10. The Morgan fingerprint density at radius 2 is 2.03 bits per heavy atom. The van der Waals surface area contributed by atoms with E-state index >= 15 is 0 Å². The van der Waals surface area contributed by atoms with E-state index in [1.165, 1.54) is 25.2 Å². The van der Waals surface area contributed by atoms with E-state index in [0.29, 0.717) is 31.0 Å². The van der Waals surface area contributed by atoms with Gasteiger partial charge in [0, 0.05) is 13.1 Å². The number of hydrogen-bond acceptors (Lipinski definition) is 5. The van der Waals surface area contributed by atoms with Crippen molar-refractivity contribution in [1.82, 2.24) is 4.90 Å². The molecule has 1 N–H and O–H groups in total. The van der Waals surface area contributed by atoms with Gasteiger partial charge in [0.15, 0.2) is 11.5 Å². The number of halogens is 2. The molecule has 2 bridgehead atoms. The smallest absolute Gasteiger partial charge is 0.387 e. The van der Waals surface area contributed by atoms with E-state index in [-0.39, 0.29) is 18.1 Å². The summed E-state index contributed by atoms with van der Waals surface area (Å²) < 4.78 is 40.3. The van der Waals surface area contributed by atoms with Crippen LogP contribution in [0, 0.1) is 17.3 Å². The summed E-state index contributed by atoms with van der Waals surface area (Å²) in [5.74, 6) is 1.68. The summed E-state index contributed by atoms with van der Waals surface area (Å²) in [7, 11) is 3.30. The van der Waals surface area contributed by atoms with E-state index in [0.717, 1.165) is 17.9 Å². The average Bonchev–Trinajstić information content (AvgIpc) is 2.68. The number of aliphatic hydroxyl groups excluding tert-OH is 1. The molecule has 0 aromatic heterocycles. The molecule has 4 rings (SSSR count). The van der Waals surface area contributed by atoms with Crippen molar-refractivity contribution in [2.75, 3.05) is 33.9 Å². The normalized spacial score (nSPS) is 23.2. The topological polar surface area (TPSA) is 51.2 Å². The number of likely N-dealkylation sites (N-methyl/N-ethyl adjacent to an activating group) is 1. The number of alkyl halides is 2. The van der Waals surface area contributed by atoms with Gasteiger partial charge in [-0.2, -0.15) is 8.78 Å². The van der Waals surface area contributed by atoms with Gasteiger partial charge in [0.1, 0.15) is 0 Å². The van der Waals surface area contributed by atoms with Crippen molar-refractivity contribution in [1.29, 1.82) is 0 Å². The number of nitrogens with zero attached hydrogens (tertiary/aromatic N) is 1. The summed E-state index contributed by atoms with van der Waals surface area (Å²) in [5.41, 5.74) is 2.63. The molecule has 5 nitrogen and oxygen atoms in total. The third-order valence-corrected chi connectivity index (χ3v) is 6.58. The highest BCUT2D eigenvalue weighted by atomic mass is 19.3. The van der Waals surface area contributed by atoms with Gasteiger partial charge in [0.2, 0.25) is 0 Å². The van der Waals surface area contributed by atoms with Crippen LogP contribution in [0.5, 0.6) is 11.5 Å². The van der Waals surface area contributed by atoms with E-state index < -0.39 is 12.7 Å². The fourth-order valence-corrected chi connectivity index (χ4v) is 4.75. The van der Waals surface area contributed by atoms with Crippen LogP contribution in [0.3, 0.4) is 0 Å². The third kappa shape index (κ3) is 5.31. The van der Waals surface area contributed by atoms with Crippen LogP contribution < -0.4 is 9.47 Å². The van der Waals surface area contributed by atoms with E-state index in [1.54, 1.807) is 12.1 Å². The van der Waals surface area contributed by atoms with Gasteiger partial charge in [0.25, 0.3) is 0 Å². The quantitative estimate of drug-likeness (QED) is 0.541. The summed E-state index contributed by atoms with van der Waals surface area (Å²) in [6, 6.07) is 4.85. The van der Waals surface area contributed by atoms with E-state index in [2.05, 4.69) is 24.7 Å². The van der Waals surface area contributed by atoms with Crippen LogP contribution in [0.25, 0.3) is 0 Å². The standard InChI is InChI=1S/C23H33F2NO4/c1-23(2)17-7-6-16(19(23)10-17)13-29-14-18(27)12-26(3)11-15-5-8-20(30-22(24)25)21(9-15)28-4/h5-6,8-9,17-19,22,27H,7,10-14H2,1-4H3/t17-,18+,19-/m0/s1. The van der Waals surface area contributed by atoms with Gasteiger partial charge in [-0.15, -0.1) is 0 Å². The number of benzene rings is 1. The van der Waals surface area contributed by atoms with Crippen LogP contribution in [0.1, 0.15) is 32.3 Å². The Morgan fingerprint density at radius 3 is 2.67 bits per heavy atom. The molecule has 0 unspecified atom stereocenters. The lowest BCUT2D eigenvalue weighted by molar-refractivity contribution is -0.0512. The molecule has 0 amide bonds. The fourth-order valence-electron chi connectivity index (χ4n) is 4.75. The molecule has 0 heterocycles. The number of ether oxygens (including phenoxy) is 3. The minimum absolute atomic E-state index is 0.00492. The SMILES string of the molecule is COc1cc(CN(C)C[C@@H](O)COCC2=CC[C@H]3C[C@@H]2C3(C)C)ccc1OC(F)F. The Labute approximate surface area is 177 Å². The van der Waals surface area contributed by atoms with Gasteiger partial charge in [-0.3, -0.25) is 4.90 Å². The third-order valence-electron chi connectivity index (χ3n) is 6.58. The lowest BCUT2D eigenvalue weighted by Crippen LogP contribution is -2.48. The second-order valence-electron chi connectivity index (χ2n) is 9.05. The number of allylic oxidation sites excluding steroid dienone is 1. The molecule has 3 aliphatic rings. The Bertz CT molecular complexity index is 753. The zero-order valence-corrected chi connectivity index (χ0v) is 18.2. The fraction of sp³-hybridized carbons (Fsp3) is 0.652. The van der Waals surface area contributed by atoms with Gasteiger partial charge in [-0.25, -0.2) is 0 Å². The van der Waals surface area contributed by atoms with Crippen molar-refractivity contribution >= 4 is 0 Å². The molecule has 168 valence electrons.